The zero-order valence-corrected chi connectivity index (χ0v) is 19.6. The molecular formula is C27H22F3N3O4. The van der Waals surface area contributed by atoms with Gasteiger partial charge in [0.2, 0.25) is 11.8 Å². The molecule has 37 heavy (non-hydrogen) atoms. The van der Waals surface area contributed by atoms with Gasteiger partial charge < -0.3 is 15.4 Å². The summed E-state index contributed by atoms with van der Waals surface area (Å²) in [5, 5.41) is 5.07. The molecule has 1 aliphatic heterocycles. The van der Waals surface area contributed by atoms with E-state index in [1.807, 2.05) is 0 Å². The Morgan fingerprint density at radius 3 is 2.49 bits per heavy atom. The number of fused-ring (bicyclic) bond motifs is 1. The fourth-order valence-electron chi connectivity index (χ4n) is 3.87. The quantitative estimate of drug-likeness (QED) is 0.452. The van der Waals surface area contributed by atoms with Crippen LogP contribution >= 0.6 is 0 Å². The fraction of sp³-hybridized carbons (Fsp3) is 0.148. The number of anilines is 3. The van der Waals surface area contributed by atoms with Gasteiger partial charge in [-0.05, 0) is 54.1 Å². The maximum Gasteiger partial charge on any atom is 0.416 e. The minimum absolute atomic E-state index is 0.0753. The SMILES string of the molecule is COc1ccc(/C=C/C(=O)N2c3ccccc3NC(=O)[C@H]2CC(=O)Nc2cccc(C(F)(F)F)c2)cc1. The van der Waals surface area contributed by atoms with Crippen LogP contribution in [0.2, 0.25) is 0 Å². The van der Waals surface area contributed by atoms with Crippen LogP contribution in [0.4, 0.5) is 30.2 Å². The van der Waals surface area contributed by atoms with E-state index in [0.29, 0.717) is 22.7 Å². The molecule has 7 nitrogen and oxygen atoms in total. The van der Waals surface area contributed by atoms with E-state index in [-0.39, 0.29) is 5.69 Å². The number of rotatable bonds is 6. The molecule has 2 N–H and O–H groups in total. The number of hydrogen-bond acceptors (Lipinski definition) is 4. The van der Waals surface area contributed by atoms with Gasteiger partial charge in [0.25, 0.3) is 5.91 Å². The fourth-order valence-corrected chi connectivity index (χ4v) is 3.87. The zero-order valence-electron chi connectivity index (χ0n) is 19.6. The van der Waals surface area contributed by atoms with Gasteiger partial charge in [-0.2, -0.15) is 13.2 Å². The lowest BCUT2D eigenvalue weighted by atomic mass is 10.0. The number of carbonyl (C=O) groups is 3. The third kappa shape index (κ3) is 5.97. The van der Waals surface area contributed by atoms with Crippen molar-refractivity contribution in [2.24, 2.45) is 0 Å². The molecular weight excluding hydrogens is 487 g/mol. The van der Waals surface area contributed by atoms with E-state index in [1.54, 1.807) is 54.6 Å². The normalized spacial score (nSPS) is 15.2. The van der Waals surface area contributed by atoms with Crippen LogP contribution in [-0.2, 0) is 20.6 Å². The predicted octanol–water partition coefficient (Wildman–Crippen LogP) is 5.11. The van der Waals surface area contributed by atoms with Gasteiger partial charge in [0.15, 0.2) is 0 Å². The molecule has 1 heterocycles. The van der Waals surface area contributed by atoms with Gasteiger partial charge >= 0.3 is 6.18 Å². The van der Waals surface area contributed by atoms with E-state index in [2.05, 4.69) is 10.6 Å². The molecule has 3 aromatic carbocycles. The Morgan fingerprint density at radius 1 is 1.05 bits per heavy atom. The summed E-state index contributed by atoms with van der Waals surface area (Å²) >= 11 is 0. The molecule has 0 saturated carbocycles. The second-order valence-electron chi connectivity index (χ2n) is 8.17. The van der Waals surface area contributed by atoms with E-state index in [0.717, 1.165) is 12.1 Å². The molecule has 0 aromatic heterocycles. The number of alkyl halides is 3. The van der Waals surface area contributed by atoms with Gasteiger partial charge in [0.1, 0.15) is 11.8 Å². The number of nitrogens with one attached hydrogen (secondary N) is 2. The van der Waals surface area contributed by atoms with Crippen LogP contribution in [0.15, 0.2) is 78.9 Å². The van der Waals surface area contributed by atoms with Crippen molar-refractivity contribution in [2.75, 3.05) is 22.6 Å². The van der Waals surface area contributed by atoms with Crippen molar-refractivity contribution in [3.63, 3.8) is 0 Å². The van der Waals surface area contributed by atoms with E-state index >= 15 is 0 Å². The minimum Gasteiger partial charge on any atom is -0.497 e. The number of nitrogens with zero attached hydrogens (tertiary/aromatic N) is 1. The molecule has 190 valence electrons. The maximum atomic E-state index is 13.3. The average Bonchev–Trinajstić information content (AvgIpc) is 2.87. The van der Waals surface area contributed by atoms with Gasteiger partial charge in [0.05, 0.1) is 30.5 Å². The van der Waals surface area contributed by atoms with Crippen LogP contribution in [0.5, 0.6) is 5.75 Å². The predicted molar refractivity (Wildman–Crippen MR) is 133 cm³/mol. The Hall–Kier alpha value is -4.60. The third-order valence-corrected chi connectivity index (χ3v) is 5.66. The number of methoxy groups -OCH3 is 1. The number of benzene rings is 3. The Morgan fingerprint density at radius 2 is 1.78 bits per heavy atom. The topological polar surface area (TPSA) is 87.7 Å². The molecule has 0 saturated heterocycles. The van der Waals surface area contributed by atoms with Crippen molar-refractivity contribution in [2.45, 2.75) is 18.6 Å². The number of halogens is 3. The smallest absolute Gasteiger partial charge is 0.416 e. The Bertz CT molecular complexity index is 1350. The summed E-state index contributed by atoms with van der Waals surface area (Å²) in [4.78, 5) is 40.2. The standard InChI is InChI=1S/C27H22F3N3O4/c1-37-20-12-9-17(10-13-20)11-14-25(35)33-22-8-3-2-7-21(22)32-26(36)23(33)16-24(34)31-19-6-4-5-18(15-19)27(28,29)30/h2-15,23H,16H2,1H3,(H,31,34)(H,32,36)/b14-11+/t23-/m1/s1. The zero-order chi connectivity index (χ0) is 26.6. The summed E-state index contributed by atoms with van der Waals surface area (Å²) < 4.78 is 44.2. The summed E-state index contributed by atoms with van der Waals surface area (Å²) in [5.41, 5.74) is 0.503. The number of para-hydroxylation sites is 2. The number of amides is 3. The monoisotopic (exact) mass is 509 g/mol. The average molecular weight is 509 g/mol. The lowest BCUT2D eigenvalue weighted by Crippen LogP contribution is -2.52. The summed E-state index contributed by atoms with van der Waals surface area (Å²) in [6.07, 6.45) is -2.20. The largest absolute Gasteiger partial charge is 0.497 e. The van der Waals surface area contributed by atoms with Crippen LogP contribution < -0.4 is 20.3 Å². The Kier molecular flexibility index (Phi) is 7.28. The first-order valence-corrected chi connectivity index (χ1v) is 11.2. The maximum absolute atomic E-state index is 13.3. The molecule has 3 aromatic rings. The van der Waals surface area contributed by atoms with Gasteiger partial charge in [-0.1, -0.05) is 30.3 Å². The highest BCUT2D eigenvalue weighted by molar-refractivity contribution is 6.16. The van der Waals surface area contributed by atoms with Crippen LogP contribution in [0, 0.1) is 0 Å². The first kappa shape index (κ1) is 25.5. The highest BCUT2D eigenvalue weighted by atomic mass is 19.4. The molecule has 0 spiro atoms. The van der Waals surface area contributed by atoms with E-state index in [1.165, 1.54) is 30.2 Å². The molecule has 0 fully saturated rings. The number of carbonyl (C=O) groups excluding carboxylic acids is 3. The van der Waals surface area contributed by atoms with Crippen LogP contribution in [-0.4, -0.2) is 30.9 Å². The highest BCUT2D eigenvalue weighted by Crippen LogP contribution is 2.34. The van der Waals surface area contributed by atoms with E-state index in [4.69, 9.17) is 4.74 Å². The first-order chi connectivity index (χ1) is 17.7. The van der Waals surface area contributed by atoms with Gasteiger partial charge in [-0.3, -0.25) is 19.3 Å². The van der Waals surface area contributed by atoms with Gasteiger partial charge in [0, 0.05) is 11.8 Å². The molecule has 0 unspecified atom stereocenters. The van der Waals surface area contributed by atoms with E-state index in [9.17, 15) is 27.6 Å². The first-order valence-electron chi connectivity index (χ1n) is 11.2. The van der Waals surface area contributed by atoms with Crippen molar-refractivity contribution in [3.05, 3.63) is 90.0 Å². The summed E-state index contributed by atoms with van der Waals surface area (Å²) in [6.45, 7) is 0. The van der Waals surface area contributed by atoms with Crippen molar-refractivity contribution in [3.8, 4) is 5.75 Å². The summed E-state index contributed by atoms with van der Waals surface area (Å²) in [7, 11) is 1.54. The molecule has 4 rings (SSSR count). The van der Waals surface area contributed by atoms with Gasteiger partial charge in [-0.25, -0.2) is 0 Å². The molecule has 3 amide bonds. The second-order valence-corrected chi connectivity index (χ2v) is 8.17. The molecule has 0 bridgehead atoms. The molecule has 1 atom stereocenters. The van der Waals surface area contributed by atoms with Crippen molar-refractivity contribution in [1.29, 1.82) is 0 Å². The third-order valence-electron chi connectivity index (χ3n) is 5.66. The van der Waals surface area contributed by atoms with Crippen LogP contribution in [0.1, 0.15) is 17.5 Å². The van der Waals surface area contributed by atoms with Crippen molar-refractivity contribution >= 4 is 40.9 Å². The Balaban J connectivity index is 1.57. The van der Waals surface area contributed by atoms with E-state index < -0.39 is 41.9 Å². The second kappa shape index (κ2) is 10.6. The minimum atomic E-state index is -4.58. The lowest BCUT2D eigenvalue weighted by molar-refractivity contribution is -0.137. The molecule has 10 heteroatoms. The number of hydrogen-bond donors (Lipinski definition) is 2. The molecule has 1 aliphatic rings. The summed E-state index contributed by atoms with van der Waals surface area (Å²) in [6, 6.07) is 16.5. The molecule has 0 radical (unpaired) electrons. The summed E-state index contributed by atoms with van der Waals surface area (Å²) in [5.74, 6) is -1.22. The van der Waals surface area contributed by atoms with Crippen LogP contribution in [0.25, 0.3) is 6.08 Å². The lowest BCUT2D eigenvalue weighted by Gasteiger charge is -2.35. The number of ether oxygens (including phenoxy) is 1. The molecule has 0 aliphatic carbocycles. The Labute approximate surface area is 210 Å². The van der Waals surface area contributed by atoms with Crippen molar-refractivity contribution in [1.82, 2.24) is 0 Å². The highest BCUT2D eigenvalue weighted by Gasteiger charge is 2.37. The van der Waals surface area contributed by atoms with Gasteiger partial charge in [-0.15, -0.1) is 0 Å². The van der Waals surface area contributed by atoms with Crippen LogP contribution in [0.3, 0.4) is 0 Å². The van der Waals surface area contributed by atoms with Crippen molar-refractivity contribution < 1.29 is 32.3 Å².